The molecule has 0 radical (unpaired) electrons. The van der Waals surface area contributed by atoms with Crippen LogP contribution in [0.2, 0.25) is 10.0 Å². The smallest absolute Gasteiger partial charge is 0.249 e. The van der Waals surface area contributed by atoms with Gasteiger partial charge in [-0.05, 0) is 59.9 Å². The zero-order chi connectivity index (χ0) is 30.2. The van der Waals surface area contributed by atoms with E-state index in [9.17, 15) is 19.2 Å². The molecule has 4 unspecified atom stereocenters. The molecule has 0 bridgehead atoms. The molecule has 4 atom stereocenters. The van der Waals surface area contributed by atoms with E-state index in [0.29, 0.717) is 46.3 Å². The third-order valence-corrected chi connectivity index (χ3v) is 9.05. The normalized spacial score (nSPS) is 22.8. The van der Waals surface area contributed by atoms with Crippen LogP contribution in [0, 0.1) is 11.8 Å². The number of ketones is 1. The summed E-state index contributed by atoms with van der Waals surface area (Å²) in [6.07, 6.45) is 7.30. The lowest BCUT2D eigenvalue weighted by molar-refractivity contribution is -0.133. The molecule has 9 nitrogen and oxygen atoms in total. The van der Waals surface area contributed by atoms with E-state index in [2.05, 4.69) is 15.5 Å². The molecule has 3 N–H and O–H groups in total. The van der Waals surface area contributed by atoms with Crippen LogP contribution in [0.5, 0.6) is 0 Å². The fourth-order valence-electron chi connectivity index (χ4n) is 6.60. The Morgan fingerprint density at radius 3 is 2.47 bits per heavy atom. The Bertz CT molecular complexity index is 1640. The van der Waals surface area contributed by atoms with Gasteiger partial charge in [-0.2, -0.15) is 10.2 Å². The molecule has 2 heterocycles. The Morgan fingerprint density at radius 1 is 0.977 bits per heavy atom. The summed E-state index contributed by atoms with van der Waals surface area (Å²) < 4.78 is 0. The summed E-state index contributed by atoms with van der Waals surface area (Å²) in [4.78, 5) is 53.7. The number of primary amides is 1. The van der Waals surface area contributed by atoms with E-state index in [1.165, 1.54) is 0 Å². The summed E-state index contributed by atoms with van der Waals surface area (Å²) in [5.41, 5.74) is 9.96. The highest BCUT2D eigenvalue weighted by Gasteiger charge is 2.41. The van der Waals surface area contributed by atoms with Crippen LogP contribution in [-0.2, 0) is 19.2 Å². The Hall–Kier alpha value is -4.08. The van der Waals surface area contributed by atoms with Gasteiger partial charge in [-0.3, -0.25) is 19.2 Å². The Balaban J connectivity index is 1.13. The number of carbonyl (C=O) groups is 4. The highest BCUT2D eigenvalue weighted by Crippen LogP contribution is 2.42. The van der Waals surface area contributed by atoms with Crippen molar-refractivity contribution in [2.75, 3.05) is 11.4 Å². The number of fused-ring (bicyclic) bond motifs is 1. The van der Waals surface area contributed by atoms with Crippen molar-refractivity contribution >= 4 is 58.0 Å². The molecular formula is C32H29Cl2N5O4. The second kappa shape index (κ2) is 11.9. The molecule has 0 spiro atoms. The van der Waals surface area contributed by atoms with Gasteiger partial charge < -0.3 is 16.0 Å². The van der Waals surface area contributed by atoms with Gasteiger partial charge in [0.1, 0.15) is 5.78 Å². The quantitative estimate of drug-likeness (QED) is 0.376. The molecule has 220 valence electrons. The maximum absolute atomic E-state index is 13.7. The topological polar surface area (TPSA) is 135 Å². The SMILES string of the molecule is NC(=O)C1=CC(CC(=O)C2CCCC2C(=O)NC2CC(=O)N(c3cc(Cl)cc(Cl)c3)C2)c2ccc(-c3ccnnc3)cc21. The third kappa shape index (κ3) is 5.92. The largest absolute Gasteiger partial charge is 0.366 e. The monoisotopic (exact) mass is 617 g/mol. The molecule has 2 aromatic carbocycles. The zero-order valence-electron chi connectivity index (χ0n) is 23.1. The number of nitrogens with one attached hydrogen (secondary N) is 1. The molecule has 1 aromatic heterocycles. The fourth-order valence-corrected chi connectivity index (χ4v) is 7.12. The first kappa shape index (κ1) is 29.0. The number of halogens is 2. The highest BCUT2D eigenvalue weighted by atomic mass is 35.5. The number of benzene rings is 2. The number of hydrogen-bond donors (Lipinski definition) is 2. The van der Waals surface area contributed by atoms with E-state index in [1.54, 1.807) is 41.6 Å². The zero-order valence-corrected chi connectivity index (χ0v) is 24.6. The first-order valence-corrected chi connectivity index (χ1v) is 15.0. The predicted molar refractivity (Wildman–Crippen MR) is 163 cm³/mol. The molecular weight excluding hydrogens is 589 g/mol. The molecule has 11 heteroatoms. The summed E-state index contributed by atoms with van der Waals surface area (Å²) in [6, 6.07) is 12.1. The van der Waals surface area contributed by atoms with E-state index in [-0.39, 0.29) is 42.4 Å². The predicted octanol–water partition coefficient (Wildman–Crippen LogP) is 4.71. The summed E-state index contributed by atoms with van der Waals surface area (Å²) in [5.74, 6) is -2.14. The van der Waals surface area contributed by atoms with Crippen molar-refractivity contribution in [1.82, 2.24) is 15.5 Å². The number of nitrogens with two attached hydrogens (primary N) is 1. The molecule has 3 aromatic rings. The summed E-state index contributed by atoms with van der Waals surface area (Å²) in [7, 11) is 0. The van der Waals surface area contributed by atoms with Crippen LogP contribution in [-0.4, -0.2) is 46.3 Å². The second-order valence-corrected chi connectivity index (χ2v) is 12.2. The average Bonchev–Trinajstić information content (AvgIpc) is 3.70. The Morgan fingerprint density at radius 2 is 1.74 bits per heavy atom. The Kier molecular flexibility index (Phi) is 8.03. The van der Waals surface area contributed by atoms with E-state index in [4.69, 9.17) is 28.9 Å². The number of anilines is 1. The number of carbonyl (C=O) groups excluding carboxylic acids is 4. The molecule has 1 saturated heterocycles. The minimum absolute atomic E-state index is 0.0179. The van der Waals surface area contributed by atoms with E-state index < -0.39 is 17.7 Å². The molecule has 43 heavy (non-hydrogen) atoms. The van der Waals surface area contributed by atoms with Crippen molar-refractivity contribution in [3.63, 3.8) is 0 Å². The van der Waals surface area contributed by atoms with Crippen LogP contribution in [0.1, 0.15) is 49.1 Å². The van der Waals surface area contributed by atoms with Gasteiger partial charge in [0.15, 0.2) is 0 Å². The van der Waals surface area contributed by atoms with Crippen molar-refractivity contribution in [2.24, 2.45) is 17.6 Å². The molecule has 6 rings (SSSR count). The standard InChI is InChI=1S/C32H29Cl2N5O4/c33-20-11-21(34)13-23(12-20)39-16-22(14-30(39)41)38-32(43)26-3-1-2-25(26)29(40)10-19-9-28(31(35)42)27-8-17(4-5-24(19)27)18-6-7-36-37-15-18/h4-9,11-13,15,19,22,25-26H,1-3,10,14,16H2,(H2,35,42)(H,38,43). The lowest BCUT2D eigenvalue weighted by Gasteiger charge is -2.22. The van der Waals surface area contributed by atoms with Crippen LogP contribution in [0.3, 0.4) is 0 Å². The third-order valence-electron chi connectivity index (χ3n) is 8.61. The van der Waals surface area contributed by atoms with Crippen LogP contribution in [0.25, 0.3) is 16.7 Å². The molecule has 2 fully saturated rings. The van der Waals surface area contributed by atoms with Crippen molar-refractivity contribution in [3.05, 3.63) is 82.1 Å². The summed E-state index contributed by atoms with van der Waals surface area (Å²) in [5, 5.41) is 11.6. The number of aromatic nitrogens is 2. The minimum Gasteiger partial charge on any atom is -0.366 e. The molecule has 1 saturated carbocycles. The lowest BCUT2D eigenvalue weighted by atomic mass is 9.84. The van der Waals surface area contributed by atoms with Crippen LogP contribution in [0.15, 0.2) is 60.9 Å². The number of allylic oxidation sites excluding steroid dienone is 1. The molecule has 2 aliphatic carbocycles. The van der Waals surface area contributed by atoms with Crippen molar-refractivity contribution in [3.8, 4) is 11.1 Å². The average molecular weight is 619 g/mol. The fraction of sp³-hybridized carbons (Fsp3) is 0.312. The lowest BCUT2D eigenvalue weighted by Crippen LogP contribution is -2.42. The van der Waals surface area contributed by atoms with Gasteiger partial charge in [-0.25, -0.2) is 0 Å². The number of hydrogen-bond acceptors (Lipinski definition) is 6. The summed E-state index contributed by atoms with van der Waals surface area (Å²) >= 11 is 12.2. The van der Waals surface area contributed by atoms with E-state index in [1.807, 2.05) is 24.3 Å². The first-order valence-electron chi connectivity index (χ1n) is 14.2. The van der Waals surface area contributed by atoms with Gasteiger partial charge in [-0.1, -0.05) is 47.8 Å². The van der Waals surface area contributed by atoms with Gasteiger partial charge >= 0.3 is 0 Å². The number of amides is 3. The van der Waals surface area contributed by atoms with Crippen LogP contribution < -0.4 is 16.0 Å². The minimum atomic E-state index is -0.556. The number of rotatable bonds is 8. The van der Waals surface area contributed by atoms with Gasteiger partial charge in [0, 0.05) is 64.0 Å². The number of nitrogens with zero attached hydrogens (tertiary/aromatic N) is 3. The summed E-state index contributed by atoms with van der Waals surface area (Å²) in [6.45, 7) is 0.295. The number of Topliss-reactive ketones (excluding diaryl/α,β-unsaturated/α-hetero) is 1. The maximum atomic E-state index is 13.7. The first-order chi connectivity index (χ1) is 20.7. The van der Waals surface area contributed by atoms with Crippen LogP contribution in [0.4, 0.5) is 5.69 Å². The van der Waals surface area contributed by atoms with Gasteiger partial charge in [0.05, 0.1) is 18.4 Å². The second-order valence-electron chi connectivity index (χ2n) is 11.3. The van der Waals surface area contributed by atoms with Crippen molar-refractivity contribution in [1.29, 1.82) is 0 Å². The molecule has 3 amide bonds. The highest BCUT2D eigenvalue weighted by molar-refractivity contribution is 6.35. The van der Waals surface area contributed by atoms with E-state index in [0.717, 1.165) is 23.1 Å². The molecule has 3 aliphatic rings. The van der Waals surface area contributed by atoms with Gasteiger partial charge in [0.2, 0.25) is 17.7 Å². The van der Waals surface area contributed by atoms with Crippen molar-refractivity contribution < 1.29 is 19.2 Å². The Labute approximate surface area is 258 Å². The van der Waals surface area contributed by atoms with Gasteiger partial charge in [0.25, 0.3) is 0 Å². The van der Waals surface area contributed by atoms with Gasteiger partial charge in [-0.15, -0.1) is 0 Å². The molecule has 1 aliphatic heterocycles. The maximum Gasteiger partial charge on any atom is 0.249 e. The van der Waals surface area contributed by atoms with Crippen LogP contribution >= 0.6 is 23.2 Å². The van der Waals surface area contributed by atoms with E-state index >= 15 is 0 Å². The van der Waals surface area contributed by atoms with Crippen molar-refractivity contribution in [2.45, 2.75) is 44.1 Å².